The van der Waals surface area contributed by atoms with Gasteiger partial charge in [-0.25, -0.2) is 0 Å². The topological polar surface area (TPSA) is 35.2 Å². The Kier molecular flexibility index (Phi) is 2.84. The van der Waals surface area contributed by atoms with Gasteiger partial charge in [-0.05, 0) is 37.1 Å². The zero-order valence-corrected chi connectivity index (χ0v) is 8.20. The minimum absolute atomic E-state index is 0.688. The van der Waals surface area contributed by atoms with Gasteiger partial charge in [0.15, 0.2) is 0 Å². The molecular formula is C12H15NO. The average Bonchev–Trinajstić information content (AvgIpc) is 2.26. The minimum Gasteiger partial charge on any atom is -0.489 e. The van der Waals surface area contributed by atoms with E-state index >= 15 is 0 Å². The van der Waals surface area contributed by atoms with Crippen molar-refractivity contribution < 1.29 is 4.74 Å². The highest BCUT2D eigenvalue weighted by atomic mass is 16.5. The molecule has 1 aliphatic rings. The van der Waals surface area contributed by atoms with Gasteiger partial charge in [-0.15, -0.1) is 0 Å². The third kappa shape index (κ3) is 1.96. The molecule has 0 unspecified atom stereocenters. The van der Waals surface area contributed by atoms with E-state index in [-0.39, 0.29) is 0 Å². The third-order valence-electron chi connectivity index (χ3n) is 2.38. The third-order valence-corrected chi connectivity index (χ3v) is 2.38. The number of benzene rings is 1. The van der Waals surface area contributed by atoms with Gasteiger partial charge in [-0.2, -0.15) is 0 Å². The molecule has 0 amide bonds. The first-order chi connectivity index (χ1) is 6.90. The molecule has 0 atom stereocenters. The van der Waals surface area contributed by atoms with Gasteiger partial charge < -0.3 is 10.5 Å². The highest BCUT2D eigenvalue weighted by Crippen LogP contribution is 2.25. The van der Waals surface area contributed by atoms with Crippen molar-refractivity contribution >= 4 is 6.08 Å². The molecule has 0 aromatic heterocycles. The van der Waals surface area contributed by atoms with Gasteiger partial charge >= 0.3 is 0 Å². The molecule has 0 saturated heterocycles. The second-order valence-corrected chi connectivity index (χ2v) is 3.48. The standard InChI is InChI=1S/C12H15NO/c13-7-1-3-10-5-6-11-4-2-8-14-12(11)9-10/h2,4-6,9H,1,3,7-8,13H2. The molecule has 2 heteroatoms. The molecule has 0 spiro atoms. The Morgan fingerprint density at radius 3 is 3.14 bits per heavy atom. The largest absolute Gasteiger partial charge is 0.489 e. The van der Waals surface area contributed by atoms with Gasteiger partial charge in [-0.3, -0.25) is 0 Å². The van der Waals surface area contributed by atoms with Crippen LogP contribution in [0.3, 0.4) is 0 Å². The van der Waals surface area contributed by atoms with Crippen molar-refractivity contribution in [1.82, 2.24) is 0 Å². The predicted octanol–water partition coefficient (Wildman–Crippen LogP) is 1.98. The van der Waals surface area contributed by atoms with Crippen LogP contribution in [0, 0.1) is 0 Å². The molecule has 2 rings (SSSR count). The van der Waals surface area contributed by atoms with E-state index in [1.165, 1.54) is 11.1 Å². The van der Waals surface area contributed by atoms with Crippen LogP contribution in [0.5, 0.6) is 5.75 Å². The lowest BCUT2D eigenvalue weighted by Crippen LogP contribution is -2.03. The molecule has 0 saturated carbocycles. The Bertz CT molecular complexity index is 344. The molecule has 74 valence electrons. The van der Waals surface area contributed by atoms with Crippen molar-refractivity contribution in [3.8, 4) is 5.75 Å². The fourth-order valence-electron chi connectivity index (χ4n) is 1.62. The van der Waals surface area contributed by atoms with Crippen molar-refractivity contribution in [2.45, 2.75) is 12.8 Å². The van der Waals surface area contributed by atoms with E-state index in [9.17, 15) is 0 Å². The van der Waals surface area contributed by atoms with Crippen molar-refractivity contribution in [2.75, 3.05) is 13.2 Å². The molecule has 1 aromatic carbocycles. The van der Waals surface area contributed by atoms with Crippen LogP contribution in [0.25, 0.3) is 6.08 Å². The quantitative estimate of drug-likeness (QED) is 0.789. The van der Waals surface area contributed by atoms with E-state index in [2.05, 4.69) is 24.3 Å². The maximum Gasteiger partial charge on any atom is 0.127 e. The number of ether oxygens (including phenoxy) is 1. The van der Waals surface area contributed by atoms with Crippen molar-refractivity contribution in [1.29, 1.82) is 0 Å². The maximum atomic E-state index is 5.53. The Morgan fingerprint density at radius 2 is 2.29 bits per heavy atom. The van der Waals surface area contributed by atoms with Gasteiger partial charge in [0, 0.05) is 5.56 Å². The van der Waals surface area contributed by atoms with Crippen LogP contribution in [-0.2, 0) is 6.42 Å². The molecule has 1 heterocycles. The van der Waals surface area contributed by atoms with Crippen molar-refractivity contribution in [3.05, 3.63) is 35.4 Å². The van der Waals surface area contributed by atoms with Crippen molar-refractivity contribution in [3.63, 3.8) is 0 Å². The van der Waals surface area contributed by atoms with Crippen molar-refractivity contribution in [2.24, 2.45) is 5.73 Å². The van der Waals surface area contributed by atoms with Gasteiger partial charge in [0.25, 0.3) is 0 Å². The number of nitrogens with two attached hydrogens (primary N) is 1. The molecule has 0 fully saturated rings. The first kappa shape index (κ1) is 9.28. The van der Waals surface area contributed by atoms with Gasteiger partial charge in [0.1, 0.15) is 12.4 Å². The van der Waals surface area contributed by atoms with E-state index in [0.717, 1.165) is 25.1 Å². The summed E-state index contributed by atoms with van der Waals surface area (Å²) in [4.78, 5) is 0. The Balaban J connectivity index is 2.17. The second kappa shape index (κ2) is 4.29. The minimum atomic E-state index is 0.688. The summed E-state index contributed by atoms with van der Waals surface area (Å²) in [6.45, 7) is 1.44. The summed E-state index contributed by atoms with van der Waals surface area (Å²) in [6, 6.07) is 6.37. The Morgan fingerprint density at radius 1 is 1.36 bits per heavy atom. The summed E-state index contributed by atoms with van der Waals surface area (Å²) in [5, 5.41) is 0. The highest BCUT2D eigenvalue weighted by molar-refractivity contribution is 5.60. The lowest BCUT2D eigenvalue weighted by atomic mass is 10.0. The summed E-state index contributed by atoms with van der Waals surface area (Å²) in [5.41, 5.74) is 7.96. The fourth-order valence-corrected chi connectivity index (χ4v) is 1.62. The van der Waals surface area contributed by atoms with E-state index in [0.29, 0.717) is 6.61 Å². The maximum absolute atomic E-state index is 5.53. The summed E-state index contributed by atoms with van der Waals surface area (Å²) in [7, 11) is 0. The molecule has 2 N–H and O–H groups in total. The number of hydrogen-bond donors (Lipinski definition) is 1. The highest BCUT2D eigenvalue weighted by Gasteiger charge is 2.05. The van der Waals surface area contributed by atoms with Crippen LogP contribution >= 0.6 is 0 Å². The molecule has 2 nitrogen and oxygen atoms in total. The fraction of sp³-hybridized carbons (Fsp3) is 0.333. The molecule has 0 radical (unpaired) electrons. The summed E-state index contributed by atoms with van der Waals surface area (Å²) < 4.78 is 5.53. The number of fused-ring (bicyclic) bond motifs is 1. The second-order valence-electron chi connectivity index (χ2n) is 3.48. The Hall–Kier alpha value is -1.28. The SMILES string of the molecule is NCCCc1ccc2c(c1)OCC=C2. The first-order valence-corrected chi connectivity index (χ1v) is 5.02. The van der Waals surface area contributed by atoms with E-state index in [1.807, 2.05) is 6.08 Å². The van der Waals surface area contributed by atoms with Crippen LogP contribution in [0.1, 0.15) is 17.5 Å². The molecular weight excluding hydrogens is 174 g/mol. The smallest absolute Gasteiger partial charge is 0.127 e. The van der Waals surface area contributed by atoms with E-state index in [1.54, 1.807) is 0 Å². The normalized spacial score (nSPS) is 13.5. The molecule has 0 bridgehead atoms. The van der Waals surface area contributed by atoms with Gasteiger partial charge in [0.2, 0.25) is 0 Å². The molecule has 1 aliphatic heterocycles. The Labute approximate surface area is 84.4 Å². The van der Waals surface area contributed by atoms with E-state index < -0.39 is 0 Å². The molecule has 1 aromatic rings. The van der Waals surface area contributed by atoms with Gasteiger partial charge in [-0.1, -0.05) is 18.2 Å². The predicted molar refractivity (Wildman–Crippen MR) is 58.3 cm³/mol. The molecule has 14 heavy (non-hydrogen) atoms. The van der Waals surface area contributed by atoms with Crippen LogP contribution in [-0.4, -0.2) is 13.2 Å². The van der Waals surface area contributed by atoms with Gasteiger partial charge in [0.05, 0.1) is 0 Å². The molecule has 0 aliphatic carbocycles. The first-order valence-electron chi connectivity index (χ1n) is 5.02. The monoisotopic (exact) mass is 189 g/mol. The zero-order chi connectivity index (χ0) is 9.80. The van der Waals surface area contributed by atoms with Crippen LogP contribution in [0.4, 0.5) is 0 Å². The summed E-state index contributed by atoms with van der Waals surface area (Å²) in [5.74, 6) is 1.00. The summed E-state index contributed by atoms with van der Waals surface area (Å²) >= 11 is 0. The van der Waals surface area contributed by atoms with E-state index in [4.69, 9.17) is 10.5 Å². The number of rotatable bonds is 3. The van der Waals surface area contributed by atoms with Crippen LogP contribution < -0.4 is 10.5 Å². The zero-order valence-electron chi connectivity index (χ0n) is 8.20. The van der Waals surface area contributed by atoms with Crippen LogP contribution in [0.15, 0.2) is 24.3 Å². The number of hydrogen-bond acceptors (Lipinski definition) is 2. The lowest BCUT2D eigenvalue weighted by Gasteiger charge is -2.13. The lowest BCUT2D eigenvalue weighted by molar-refractivity contribution is 0.358. The van der Waals surface area contributed by atoms with Crippen LogP contribution in [0.2, 0.25) is 0 Å². The summed E-state index contributed by atoms with van der Waals surface area (Å²) in [6.07, 6.45) is 6.21. The average molecular weight is 189 g/mol. The number of aryl methyl sites for hydroxylation is 1.